The van der Waals surface area contributed by atoms with Gasteiger partial charge in [0.15, 0.2) is 0 Å². The van der Waals surface area contributed by atoms with Gasteiger partial charge < -0.3 is 10.0 Å². The van der Waals surface area contributed by atoms with Crippen molar-refractivity contribution in [3.63, 3.8) is 0 Å². The Bertz CT molecular complexity index is 414. The van der Waals surface area contributed by atoms with Gasteiger partial charge in [-0.2, -0.15) is 0 Å². The summed E-state index contributed by atoms with van der Waals surface area (Å²) < 4.78 is 0.975. The third-order valence-corrected chi connectivity index (χ3v) is 3.47. The van der Waals surface area contributed by atoms with E-state index in [0.29, 0.717) is 6.54 Å². The lowest BCUT2D eigenvalue weighted by Gasteiger charge is -2.20. The molecule has 0 aromatic heterocycles. The molecule has 4 heteroatoms. The first-order valence-electron chi connectivity index (χ1n) is 5.17. The summed E-state index contributed by atoms with van der Waals surface area (Å²) in [5.74, 6) is -0.215. The summed E-state index contributed by atoms with van der Waals surface area (Å²) in [6, 6.07) is 7.52. The Morgan fingerprint density at radius 3 is 2.38 bits per heavy atom. The van der Waals surface area contributed by atoms with Crippen molar-refractivity contribution in [1.29, 1.82) is 0 Å². The van der Waals surface area contributed by atoms with Crippen LogP contribution in [0.1, 0.15) is 13.8 Å². The number of hydrogen-bond donors (Lipinski definition) is 1. The molecule has 1 amide bonds. The largest absolute Gasteiger partial charge is 0.383 e. The average molecular weight is 284 g/mol. The van der Waals surface area contributed by atoms with E-state index in [1.165, 1.54) is 0 Å². The summed E-state index contributed by atoms with van der Waals surface area (Å²) in [5, 5.41) is 9.81. The number of nitrogens with zero attached hydrogens (tertiary/aromatic N) is 1. The molecule has 1 heterocycles. The Balaban J connectivity index is 2.30. The van der Waals surface area contributed by atoms with Crippen LogP contribution in [0.4, 0.5) is 5.69 Å². The van der Waals surface area contributed by atoms with E-state index in [1.54, 1.807) is 4.90 Å². The number of anilines is 1. The van der Waals surface area contributed by atoms with E-state index in [0.717, 1.165) is 10.2 Å². The second-order valence-electron chi connectivity index (χ2n) is 4.79. The van der Waals surface area contributed by atoms with Crippen LogP contribution in [0.15, 0.2) is 28.7 Å². The first kappa shape index (κ1) is 11.6. The van der Waals surface area contributed by atoms with Gasteiger partial charge in [-0.25, -0.2) is 0 Å². The van der Waals surface area contributed by atoms with Crippen LogP contribution in [-0.4, -0.2) is 23.7 Å². The second-order valence-corrected chi connectivity index (χ2v) is 5.71. The van der Waals surface area contributed by atoms with Crippen LogP contribution in [0.2, 0.25) is 0 Å². The molecule has 0 spiro atoms. The van der Waals surface area contributed by atoms with Crippen molar-refractivity contribution in [1.82, 2.24) is 0 Å². The molecular formula is C12H14BrNO2. The van der Waals surface area contributed by atoms with Crippen LogP contribution in [0.3, 0.4) is 0 Å². The summed E-state index contributed by atoms with van der Waals surface area (Å²) in [4.78, 5) is 13.5. The van der Waals surface area contributed by atoms with Crippen molar-refractivity contribution in [2.45, 2.75) is 20.0 Å². The molecule has 0 saturated carbocycles. The Hall–Kier alpha value is -0.870. The molecule has 1 aromatic carbocycles. The highest BCUT2D eigenvalue weighted by Gasteiger charge is 2.45. The summed E-state index contributed by atoms with van der Waals surface area (Å²) >= 11 is 3.35. The van der Waals surface area contributed by atoms with Crippen LogP contribution in [0.5, 0.6) is 0 Å². The van der Waals surface area contributed by atoms with E-state index >= 15 is 0 Å². The van der Waals surface area contributed by atoms with Crippen molar-refractivity contribution in [3.8, 4) is 0 Å². The maximum atomic E-state index is 11.9. The standard InChI is InChI=1S/C12H14BrNO2/c1-12(2)7-14(11(16)10(12)15)9-5-3-8(13)4-6-9/h3-6,10,15H,7H2,1-2H3. The molecule has 1 aromatic rings. The summed E-state index contributed by atoms with van der Waals surface area (Å²) in [5.41, 5.74) is 0.447. The molecule has 1 N–H and O–H groups in total. The highest BCUT2D eigenvalue weighted by atomic mass is 79.9. The van der Waals surface area contributed by atoms with Crippen LogP contribution < -0.4 is 4.90 Å². The van der Waals surface area contributed by atoms with Gasteiger partial charge in [0.25, 0.3) is 5.91 Å². The molecule has 1 fully saturated rings. The lowest BCUT2D eigenvalue weighted by molar-refractivity contribution is -0.126. The van der Waals surface area contributed by atoms with Gasteiger partial charge in [-0.1, -0.05) is 29.8 Å². The van der Waals surface area contributed by atoms with Gasteiger partial charge >= 0.3 is 0 Å². The Kier molecular flexibility index (Phi) is 2.80. The van der Waals surface area contributed by atoms with E-state index in [1.807, 2.05) is 38.1 Å². The first-order chi connectivity index (χ1) is 7.42. The predicted octanol–water partition coefficient (Wildman–Crippen LogP) is 2.18. The first-order valence-corrected chi connectivity index (χ1v) is 5.96. The summed E-state index contributed by atoms with van der Waals surface area (Å²) in [6.07, 6.45) is -0.906. The molecule has 1 saturated heterocycles. The third kappa shape index (κ3) is 1.87. The fraction of sp³-hybridized carbons (Fsp3) is 0.417. The minimum absolute atomic E-state index is 0.215. The molecule has 1 atom stereocenters. The van der Waals surface area contributed by atoms with Crippen LogP contribution in [-0.2, 0) is 4.79 Å². The van der Waals surface area contributed by atoms with Gasteiger partial charge in [-0.05, 0) is 24.3 Å². The van der Waals surface area contributed by atoms with Gasteiger partial charge in [0, 0.05) is 22.1 Å². The number of rotatable bonds is 1. The Morgan fingerprint density at radius 2 is 1.94 bits per heavy atom. The maximum Gasteiger partial charge on any atom is 0.256 e. The van der Waals surface area contributed by atoms with E-state index < -0.39 is 6.10 Å². The normalized spacial score (nSPS) is 23.9. The molecule has 0 aliphatic carbocycles. The topological polar surface area (TPSA) is 40.5 Å². The molecule has 0 bridgehead atoms. The molecule has 16 heavy (non-hydrogen) atoms. The van der Waals surface area contributed by atoms with Gasteiger partial charge in [0.05, 0.1) is 0 Å². The van der Waals surface area contributed by atoms with Gasteiger partial charge in [-0.15, -0.1) is 0 Å². The number of hydrogen-bond acceptors (Lipinski definition) is 2. The van der Waals surface area contributed by atoms with Crippen molar-refractivity contribution in [2.75, 3.05) is 11.4 Å². The molecule has 2 rings (SSSR count). The fourth-order valence-corrected chi connectivity index (χ4v) is 2.16. The van der Waals surface area contributed by atoms with E-state index in [-0.39, 0.29) is 11.3 Å². The van der Waals surface area contributed by atoms with Crippen LogP contribution in [0.25, 0.3) is 0 Å². The second kappa shape index (κ2) is 3.86. The maximum absolute atomic E-state index is 11.9. The van der Waals surface area contributed by atoms with Crippen molar-refractivity contribution in [3.05, 3.63) is 28.7 Å². The number of benzene rings is 1. The van der Waals surface area contributed by atoms with Gasteiger partial charge in [-0.3, -0.25) is 4.79 Å². The number of carbonyl (C=O) groups is 1. The molecule has 3 nitrogen and oxygen atoms in total. The lowest BCUT2D eigenvalue weighted by atomic mass is 9.90. The Morgan fingerprint density at radius 1 is 1.38 bits per heavy atom. The molecule has 0 radical (unpaired) electrons. The third-order valence-electron chi connectivity index (χ3n) is 2.94. The minimum atomic E-state index is -0.906. The monoisotopic (exact) mass is 283 g/mol. The minimum Gasteiger partial charge on any atom is -0.383 e. The zero-order valence-electron chi connectivity index (χ0n) is 9.27. The fourth-order valence-electron chi connectivity index (χ4n) is 1.89. The molecule has 1 aliphatic rings. The number of aliphatic hydroxyl groups is 1. The zero-order chi connectivity index (χ0) is 11.9. The van der Waals surface area contributed by atoms with Crippen molar-refractivity contribution < 1.29 is 9.90 Å². The molecule has 86 valence electrons. The Labute approximate surface area is 103 Å². The highest BCUT2D eigenvalue weighted by Crippen LogP contribution is 2.34. The van der Waals surface area contributed by atoms with Crippen molar-refractivity contribution in [2.24, 2.45) is 5.41 Å². The molecule has 1 aliphatic heterocycles. The van der Waals surface area contributed by atoms with Crippen molar-refractivity contribution >= 4 is 27.5 Å². The number of amides is 1. The SMILES string of the molecule is CC1(C)CN(c2ccc(Br)cc2)C(=O)C1O. The van der Waals surface area contributed by atoms with Gasteiger partial charge in [0.2, 0.25) is 0 Å². The van der Waals surface area contributed by atoms with E-state index in [4.69, 9.17) is 0 Å². The predicted molar refractivity (Wildman–Crippen MR) is 66.3 cm³/mol. The number of carbonyl (C=O) groups excluding carboxylic acids is 1. The number of halogens is 1. The average Bonchev–Trinajstić information content (AvgIpc) is 2.44. The van der Waals surface area contributed by atoms with Crippen LogP contribution >= 0.6 is 15.9 Å². The molecular weight excluding hydrogens is 270 g/mol. The van der Waals surface area contributed by atoms with Crippen LogP contribution in [0, 0.1) is 5.41 Å². The van der Waals surface area contributed by atoms with E-state index in [2.05, 4.69) is 15.9 Å². The van der Waals surface area contributed by atoms with Gasteiger partial charge in [0.1, 0.15) is 6.10 Å². The summed E-state index contributed by atoms with van der Waals surface area (Å²) in [6.45, 7) is 4.34. The zero-order valence-corrected chi connectivity index (χ0v) is 10.9. The smallest absolute Gasteiger partial charge is 0.256 e. The quantitative estimate of drug-likeness (QED) is 0.858. The lowest BCUT2D eigenvalue weighted by Crippen LogP contribution is -2.30. The molecule has 1 unspecified atom stereocenters. The summed E-state index contributed by atoms with van der Waals surface area (Å²) in [7, 11) is 0. The highest BCUT2D eigenvalue weighted by molar-refractivity contribution is 9.10. The van der Waals surface area contributed by atoms with E-state index in [9.17, 15) is 9.90 Å². The number of aliphatic hydroxyl groups excluding tert-OH is 1.